The lowest BCUT2D eigenvalue weighted by Crippen LogP contribution is -2.42. The van der Waals surface area contributed by atoms with Crippen LogP contribution < -0.4 is 11.1 Å². The predicted molar refractivity (Wildman–Crippen MR) is 132 cm³/mol. The molecule has 1 aliphatic rings. The lowest BCUT2D eigenvalue weighted by atomic mass is 10.1. The number of sulfonamides is 1. The van der Waals surface area contributed by atoms with Gasteiger partial charge in [-0.05, 0) is 54.8 Å². The van der Waals surface area contributed by atoms with Crippen molar-refractivity contribution in [2.45, 2.75) is 30.3 Å². The predicted octanol–water partition coefficient (Wildman–Crippen LogP) is 2.60. The highest BCUT2D eigenvalue weighted by molar-refractivity contribution is 7.89. The van der Waals surface area contributed by atoms with Crippen molar-refractivity contribution in [3.05, 3.63) is 84.1 Å². The number of hydrogen-bond acceptors (Lipinski definition) is 6. The molecule has 1 amide bonds. The van der Waals surface area contributed by atoms with E-state index in [-0.39, 0.29) is 29.2 Å². The number of pyridine rings is 1. The summed E-state index contributed by atoms with van der Waals surface area (Å²) in [6.45, 7) is 1.04. The van der Waals surface area contributed by atoms with Gasteiger partial charge in [0.15, 0.2) is 0 Å². The number of hydrogen-bond donors (Lipinski definition) is 2. The number of carbonyl (C=O) groups is 1. The Morgan fingerprint density at radius 3 is 2.42 bits per heavy atom. The van der Waals surface area contributed by atoms with Crippen molar-refractivity contribution in [3.63, 3.8) is 0 Å². The van der Waals surface area contributed by atoms with Crippen LogP contribution in [-0.2, 0) is 16.6 Å². The zero-order valence-electron chi connectivity index (χ0n) is 19.3. The lowest BCUT2D eigenvalue weighted by Gasteiger charge is -2.29. The van der Waals surface area contributed by atoms with E-state index in [0.717, 1.165) is 5.56 Å². The summed E-state index contributed by atoms with van der Waals surface area (Å²) < 4.78 is 42.1. The van der Waals surface area contributed by atoms with Crippen molar-refractivity contribution >= 4 is 26.8 Å². The molecule has 186 valence electrons. The first-order valence-electron chi connectivity index (χ1n) is 11.5. The van der Waals surface area contributed by atoms with E-state index >= 15 is 0 Å². The summed E-state index contributed by atoms with van der Waals surface area (Å²) in [7, 11) is -3.57. The topological polar surface area (TPSA) is 123 Å². The summed E-state index contributed by atoms with van der Waals surface area (Å²) in [6.07, 6.45) is 5.93. The number of rotatable bonds is 6. The fourth-order valence-electron chi connectivity index (χ4n) is 4.23. The van der Waals surface area contributed by atoms with Gasteiger partial charge in [0.2, 0.25) is 10.0 Å². The van der Waals surface area contributed by atoms with E-state index in [2.05, 4.69) is 15.4 Å². The number of fused-ring (bicyclic) bond motifs is 1. The van der Waals surface area contributed by atoms with Crippen LogP contribution in [0.3, 0.4) is 0 Å². The standard InChI is InChI=1S/C25H25FN6O3S/c26-18-3-5-20(6-4-18)32-24-16-28-14-23(22(24)15-30-32)25(33)29-13-17-1-7-21(8-2-17)36(34,35)31-11-9-19(27)10-12-31/h1-8,14-16,19H,9-13,27H2,(H,29,33). The van der Waals surface area contributed by atoms with E-state index in [9.17, 15) is 17.6 Å². The second kappa shape index (κ2) is 9.76. The third-order valence-corrected chi connectivity index (χ3v) is 8.24. The third kappa shape index (κ3) is 4.72. The van der Waals surface area contributed by atoms with Crippen LogP contribution in [0.15, 0.2) is 72.0 Å². The lowest BCUT2D eigenvalue weighted by molar-refractivity contribution is 0.0952. The fourth-order valence-corrected chi connectivity index (χ4v) is 5.70. The monoisotopic (exact) mass is 508 g/mol. The van der Waals surface area contributed by atoms with E-state index in [1.807, 2.05) is 0 Å². The Balaban J connectivity index is 1.28. The minimum atomic E-state index is -3.57. The molecule has 0 saturated carbocycles. The minimum absolute atomic E-state index is 0.0424. The van der Waals surface area contributed by atoms with E-state index in [0.29, 0.717) is 48.1 Å². The molecule has 0 atom stereocenters. The van der Waals surface area contributed by atoms with Gasteiger partial charge in [-0.25, -0.2) is 17.5 Å². The summed E-state index contributed by atoms with van der Waals surface area (Å²) in [5, 5.41) is 7.80. The number of amides is 1. The Kier molecular flexibility index (Phi) is 6.52. The van der Waals surface area contributed by atoms with E-state index in [4.69, 9.17) is 5.73 Å². The Bertz CT molecular complexity index is 1500. The molecule has 5 rings (SSSR count). The van der Waals surface area contributed by atoms with Crippen molar-refractivity contribution in [1.29, 1.82) is 0 Å². The number of aromatic nitrogens is 3. The number of benzene rings is 2. The summed E-state index contributed by atoms with van der Waals surface area (Å²) >= 11 is 0. The van der Waals surface area contributed by atoms with Crippen molar-refractivity contribution in [3.8, 4) is 5.69 Å². The molecular weight excluding hydrogens is 483 g/mol. The fraction of sp³-hybridized carbons (Fsp3) is 0.240. The molecule has 11 heteroatoms. The average molecular weight is 509 g/mol. The first kappa shape index (κ1) is 24.0. The van der Waals surface area contributed by atoms with Crippen molar-refractivity contribution in [2.24, 2.45) is 5.73 Å². The van der Waals surface area contributed by atoms with Crippen LogP contribution in [0.5, 0.6) is 0 Å². The number of carbonyl (C=O) groups excluding carboxylic acids is 1. The van der Waals surface area contributed by atoms with Gasteiger partial charge in [-0.15, -0.1) is 0 Å². The largest absolute Gasteiger partial charge is 0.348 e. The van der Waals surface area contributed by atoms with Crippen LogP contribution in [0.2, 0.25) is 0 Å². The van der Waals surface area contributed by atoms with Gasteiger partial charge in [0.25, 0.3) is 5.91 Å². The van der Waals surface area contributed by atoms with Gasteiger partial charge >= 0.3 is 0 Å². The number of nitrogens with two attached hydrogens (primary N) is 1. The molecule has 0 unspecified atom stereocenters. The van der Waals surface area contributed by atoms with Crippen molar-refractivity contribution < 1.29 is 17.6 Å². The average Bonchev–Trinajstić information content (AvgIpc) is 3.32. The maximum atomic E-state index is 13.3. The van der Waals surface area contributed by atoms with Crippen LogP contribution >= 0.6 is 0 Å². The van der Waals surface area contributed by atoms with E-state index in [1.165, 1.54) is 22.6 Å². The van der Waals surface area contributed by atoms with Gasteiger partial charge in [-0.1, -0.05) is 12.1 Å². The number of piperidine rings is 1. The van der Waals surface area contributed by atoms with Gasteiger partial charge in [-0.2, -0.15) is 9.40 Å². The van der Waals surface area contributed by atoms with Gasteiger partial charge in [0, 0.05) is 37.3 Å². The van der Waals surface area contributed by atoms with Crippen molar-refractivity contribution in [2.75, 3.05) is 13.1 Å². The molecule has 0 bridgehead atoms. The van der Waals surface area contributed by atoms with E-state index < -0.39 is 10.0 Å². The van der Waals surface area contributed by atoms with Crippen LogP contribution in [0.1, 0.15) is 28.8 Å². The molecular formula is C25H25FN6O3S. The minimum Gasteiger partial charge on any atom is -0.348 e. The third-order valence-electron chi connectivity index (χ3n) is 6.33. The second-order valence-electron chi connectivity index (χ2n) is 8.72. The zero-order chi connectivity index (χ0) is 25.3. The highest BCUT2D eigenvalue weighted by atomic mass is 32.2. The first-order chi connectivity index (χ1) is 17.3. The molecule has 9 nitrogen and oxygen atoms in total. The van der Waals surface area contributed by atoms with Crippen molar-refractivity contribution in [1.82, 2.24) is 24.4 Å². The summed E-state index contributed by atoms with van der Waals surface area (Å²) in [4.78, 5) is 17.3. The van der Waals surface area contributed by atoms with Gasteiger partial charge in [0.1, 0.15) is 5.82 Å². The van der Waals surface area contributed by atoms with Crippen LogP contribution in [-0.4, -0.2) is 52.5 Å². The van der Waals surface area contributed by atoms with Crippen LogP contribution in [0.4, 0.5) is 4.39 Å². The summed E-state index contributed by atoms with van der Waals surface area (Å²) in [5.41, 5.74) is 8.25. The maximum Gasteiger partial charge on any atom is 0.253 e. The van der Waals surface area contributed by atoms with Gasteiger partial charge in [0.05, 0.1) is 34.1 Å². The highest BCUT2D eigenvalue weighted by Crippen LogP contribution is 2.22. The smallest absolute Gasteiger partial charge is 0.253 e. The SMILES string of the molecule is NC1CCN(S(=O)(=O)c2ccc(CNC(=O)c3cncc4c3cnn4-c3ccc(F)cc3)cc2)CC1. The number of nitrogens with zero attached hydrogens (tertiary/aromatic N) is 4. The molecule has 0 aliphatic carbocycles. The van der Waals surface area contributed by atoms with Crippen LogP contribution in [0, 0.1) is 5.82 Å². The molecule has 3 heterocycles. The zero-order valence-corrected chi connectivity index (χ0v) is 20.2. The molecule has 0 spiro atoms. The Hall–Kier alpha value is -3.67. The van der Waals surface area contributed by atoms with Gasteiger partial charge in [-0.3, -0.25) is 9.78 Å². The highest BCUT2D eigenvalue weighted by Gasteiger charge is 2.28. The molecule has 2 aromatic carbocycles. The number of halogens is 1. The molecule has 1 fully saturated rings. The normalized spacial score (nSPS) is 15.3. The first-order valence-corrected chi connectivity index (χ1v) is 13.0. The Morgan fingerprint density at radius 1 is 1.03 bits per heavy atom. The second-order valence-corrected chi connectivity index (χ2v) is 10.7. The maximum absolute atomic E-state index is 13.3. The quantitative estimate of drug-likeness (QED) is 0.413. The molecule has 36 heavy (non-hydrogen) atoms. The Labute approximate surface area is 207 Å². The number of nitrogens with one attached hydrogen (secondary N) is 1. The molecule has 3 N–H and O–H groups in total. The molecule has 1 saturated heterocycles. The summed E-state index contributed by atoms with van der Waals surface area (Å²) in [5.74, 6) is -0.691. The molecule has 0 radical (unpaired) electrons. The van der Waals surface area contributed by atoms with Gasteiger partial charge < -0.3 is 11.1 Å². The molecule has 2 aromatic heterocycles. The molecule has 1 aliphatic heterocycles. The molecule has 4 aromatic rings. The van der Waals surface area contributed by atoms with Crippen LogP contribution in [0.25, 0.3) is 16.6 Å². The van der Waals surface area contributed by atoms with E-state index in [1.54, 1.807) is 53.5 Å². The summed E-state index contributed by atoms with van der Waals surface area (Å²) in [6, 6.07) is 12.4. The Morgan fingerprint density at radius 2 is 1.72 bits per heavy atom.